The number of anilines is 1. The number of likely N-dealkylation sites (N-methyl/N-ethyl adjacent to an activating group) is 1. The van der Waals surface area contributed by atoms with Crippen LogP contribution in [0.1, 0.15) is 11.1 Å². The minimum atomic E-state index is -3.64. The van der Waals surface area contributed by atoms with E-state index in [9.17, 15) is 13.2 Å². The number of amides is 1. The van der Waals surface area contributed by atoms with Crippen molar-refractivity contribution in [3.8, 4) is 5.75 Å². The van der Waals surface area contributed by atoms with Crippen LogP contribution < -0.4 is 14.4 Å². The lowest BCUT2D eigenvalue weighted by Gasteiger charge is -2.12. The van der Waals surface area contributed by atoms with Gasteiger partial charge < -0.3 is 9.64 Å². The van der Waals surface area contributed by atoms with Gasteiger partial charge in [-0.3, -0.25) is 4.79 Å². The first kappa shape index (κ1) is 17.4. The average molecular weight is 360 g/mol. The SMILES string of the molecule is Cc1ccccc1OCCNS(=O)(=O)c1ccc2c(c1)CC(=O)N2C. The molecular formula is C18H20N2O4S. The Bertz CT molecular complexity index is 909. The number of fused-ring (bicyclic) bond motifs is 1. The van der Waals surface area contributed by atoms with Crippen LogP contribution in [0.15, 0.2) is 47.4 Å². The molecule has 25 heavy (non-hydrogen) atoms. The minimum absolute atomic E-state index is 0.0378. The number of nitrogens with zero attached hydrogens (tertiary/aromatic N) is 1. The average Bonchev–Trinajstić information content (AvgIpc) is 2.87. The molecule has 3 rings (SSSR count). The largest absolute Gasteiger partial charge is 0.492 e. The lowest BCUT2D eigenvalue weighted by atomic mass is 10.2. The molecule has 0 atom stereocenters. The molecule has 2 aromatic carbocycles. The van der Waals surface area contributed by atoms with Gasteiger partial charge in [0.15, 0.2) is 0 Å². The molecule has 2 aromatic rings. The molecule has 0 bridgehead atoms. The Morgan fingerprint density at radius 3 is 2.72 bits per heavy atom. The summed E-state index contributed by atoms with van der Waals surface area (Å²) in [5.74, 6) is 0.699. The highest BCUT2D eigenvalue weighted by atomic mass is 32.2. The molecule has 1 amide bonds. The Balaban J connectivity index is 1.62. The maximum absolute atomic E-state index is 12.4. The molecule has 1 N–H and O–H groups in total. The fourth-order valence-corrected chi connectivity index (χ4v) is 3.82. The Morgan fingerprint density at radius 1 is 1.20 bits per heavy atom. The Labute approximate surface area is 147 Å². The topological polar surface area (TPSA) is 75.7 Å². The molecule has 0 unspecified atom stereocenters. The van der Waals surface area contributed by atoms with Crippen molar-refractivity contribution >= 4 is 21.6 Å². The molecule has 0 aliphatic carbocycles. The molecular weight excluding hydrogens is 340 g/mol. The van der Waals surface area contributed by atoms with Gasteiger partial charge >= 0.3 is 0 Å². The molecule has 132 valence electrons. The second-order valence-electron chi connectivity index (χ2n) is 5.93. The molecule has 0 fully saturated rings. The van der Waals surface area contributed by atoms with E-state index in [2.05, 4.69) is 4.72 Å². The van der Waals surface area contributed by atoms with E-state index < -0.39 is 10.0 Å². The first-order valence-electron chi connectivity index (χ1n) is 7.96. The third-order valence-electron chi connectivity index (χ3n) is 4.18. The van der Waals surface area contributed by atoms with Gasteiger partial charge in [0.1, 0.15) is 12.4 Å². The van der Waals surface area contributed by atoms with E-state index in [1.54, 1.807) is 19.2 Å². The Kier molecular flexibility index (Phi) is 4.78. The second-order valence-corrected chi connectivity index (χ2v) is 7.70. The van der Waals surface area contributed by atoms with Crippen molar-refractivity contribution in [2.24, 2.45) is 0 Å². The van der Waals surface area contributed by atoms with Gasteiger partial charge in [-0.1, -0.05) is 18.2 Å². The molecule has 1 aliphatic rings. The fraction of sp³-hybridized carbons (Fsp3) is 0.278. The van der Waals surface area contributed by atoms with Crippen LogP contribution in [0.4, 0.5) is 5.69 Å². The number of hydrogen-bond donors (Lipinski definition) is 1. The summed E-state index contributed by atoms with van der Waals surface area (Å²) in [6.45, 7) is 2.32. The lowest BCUT2D eigenvalue weighted by molar-refractivity contribution is -0.117. The third kappa shape index (κ3) is 3.67. The summed E-state index contributed by atoms with van der Waals surface area (Å²) in [5, 5.41) is 0. The highest BCUT2D eigenvalue weighted by Gasteiger charge is 2.26. The number of hydrogen-bond acceptors (Lipinski definition) is 4. The number of para-hydroxylation sites is 1. The summed E-state index contributed by atoms with van der Waals surface area (Å²) < 4.78 is 32.9. The molecule has 0 aromatic heterocycles. The maximum atomic E-state index is 12.4. The molecule has 1 heterocycles. The van der Waals surface area contributed by atoms with Gasteiger partial charge in [-0.15, -0.1) is 0 Å². The molecule has 1 aliphatic heterocycles. The quantitative estimate of drug-likeness (QED) is 0.798. The van der Waals surface area contributed by atoms with Crippen LogP contribution in [0.25, 0.3) is 0 Å². The molecule has 0 spiro atoms. The zero-order chi connectivity index (χ0) is 18.0. The highest BCUT2D eigenvalue weighted by Crippen LogP contribution is 2.29. The maximum Gasteiger partial charge on any atom is 0.240 e. The van der Waals surface area contributed by atoms with Crippen LogP contribution in [0.3, 0.4) is 0 Å². The first-order valence-corrected chi connectivity index (χ1v) is 9.44. The number of sulfonamides is 1. The predicted molar refractivity (Wildman–Crippen MR) is 95.4 cm³/mol. The van der Waals surface area contributed by atoms with Crippen molar-refractivity contribution in [1.29, 1.82) is 0 Å². The van der Waals surface area contributed by atoms with Crippen LogP contribution in [0, 0.1) is 6.92 Å². The van der Waals surface area contributed by atoms with Crippen LogP contribution in [0.2, 0.25) is 0 Å². The zero-order valence-corrected chi connectivity index (χ0v) is 15.0. The van der Waals surface area contributed by atoms with Crippen LogP contribution in [-0.4, -0.2) is 34.5 Å². The normalized spacial score (nSPS) is 13.8. The standard InChI is InChI=1S/C18H20N2O4S/c1-13-5-3-4-6-17(13)24-10-9-19-25(22,23)15-7-8-16-14(11-15)12-18(21)20(16)2/h3-8,11,19H,9-10,12H2,1-2H3. The number of benzene rings is 2. The number of carbonyl (C=O) groups excluding carboxylic acids is 1. The summed E-state index contributed by atoms with van der Waals surface area (Å²) in [6.07, 6.45) is 0.228. The molecule has 0 saturated carbocycles. The highest BCUT2D eigenvalue weighted by molar-refractivity contribution is 7.89. The molecule has 6 nitrogen and oxygen atoms in total. The Hall–Kier alpha value is -2.38. The third-order valence-corrected chi connectivity index (χ3v) is 5.64. The van der Waals surface area contributed by atoms with Gasteiger partial charge in [0.2, 0.25) is 15.9 Å². The van der Waals surface area contributed by atoms with Crippen molar-refractivity contribution in [2.45, 2.75) is 18.2 Å². The van der Waals surface area contributed by atoms with Gasteiger partial charge in [0.25, 0.3) is 0 Å². The number of nitrogens with one attached hydrogen (secondary N) is 1. The van der Waals surface area contributed by atoms with Crippen LogP contribution in [0.5, 0.6) is 5.75 Å². The van der Waals surface area contributed by atoms with Gasteiger partial charge in [-0.2, -0.15) is 0 Å². The van der Waals surface area contributed by atoms with E-state index in [0.29, 0.717) is 0 Å². The summed E-state index contributed by atoms with van der Waals surface area (Å²) >= 11 is 0. The fourth-order valence-electron chi connectivity index (χ4n) is 2.75. The first-order chi connectivity index (χ1) is 11.9. The van der Waals surface area contributed by atoms with E-state index in [1.165, 1.54) is 11.0 Å². The van der Waals surface area contributed by atoms with Crippen molar-refractivity contribution in [3.05, 3.63) is 53.6 Å². The van der Waals surface area contributed by atoms with Crippen molar-refractivity contribution in [1.82, 2.24) is 4.72 Å². The molecule has 0 saturated heterocycles. The van der Waals surface area contributed by atoms with E-state index in [1.807, 2.05) is 31.2 Å². The number of ether oxygens (including phenoxy) is 1. The Morgan fingerprint density at radius 2 is 1.96 bits per heavy atom. The van der Waals surface area contributed by atoms with Crippen molar-refractivity contribution in [3.63, 3.8) is 0 Å². The van der Waals surface area contributed by atoms with Crippen LogP contribution in [-0.2, 0) is 21.2 Å². The molecule has 7 heteroatoms. The van der Waals surface area contributed by atoms with Gasteiger partial charge in [-0.25, -0.2) is 13.1 Å². The minimum Gasteiger partial charge on any atom is -0.492 e. The zero-order valence-electron chi connectivity index (χ0n) is 14.2. The summed E-state index contributed by atoms with van der Waals surface area (Å²) in [6, 6.07) is 12.3. The number of rotatable bonds is 6. The van der Waals surface area contributed by atoms with Crippen LogP contribution >= 0.6 is 0 Å². The molecule has 0 radical (unpaired) electrons. The van der Waals surface area contributed by atoms with E-state index in [-0.39, 0.29) is 30.4 Å². The summed E-state index contributed by atoms with van der Waals surface area (Å²) in [7, 11) is -1.96. The summed E-state index contributed by atoms with van der Waals surface area (Å²) in [5.41, 5.74) is 2.48. The van der Waals surface area contributed by atoms with Crippen molar-refractivity contribution < 1.29 is 17.9 Å². The lowest BCUT2D eigenvalue weighted by Crippen LogP contribution is -2.28. The second kappa shape index (κ2) is 6.85. The van der Waals surface area contributed by atoms with E-state index >= 15 is 0 Å². The summed E-state index contributed by atoms with van der Waals surface area (Å²) in [4.78, 5) is 13.4. The van der Waals surface area contributed by atoms with E-state index in [0.717, 1.165) is 22.6 Å². The van der Waals surface area contributed by atoms with Gasteiger partial charge in [0.05, 0.1) is 11.3 Å². The predicted octanol–water partition coefficient (Wildman–Crippen LogP) is 1.87. The smallest absolute Gasteiger partial charge is 0.240 e. The van der Waals surface area contributed by atoms with Gasteiger partial charge in [0, 0.05) is 19.3 Å². The van der Waals surface area contributed by atoms with E-state index in [4.69, 9.17) is 4.74 Å². The number of carbonyl (C=O) groups is 1. The monoisotopic (exact) mass is 360 g/mol. The van der Waals surface area contributed by atoms with Crippen molar-refractivity contribution in [2.75, 3.05) is 25.1 Å². The number of aryl methyl sites for hydroxylation is 1. The van der Waals surface area contributed by atoms with Gasteiger partial charge in [-0.05, 0) is 42.3 Å².